The van der Waals surface area contributed by atoms with Crippen molar-refractivity contribution in [3.05, 3.63) is 41.7 Å². The largest absolute Gasteiger partial charge is 0.418 e. The fourth-order valence-electron chi connectivity index (χ4n) is 1.80. The van der Waals surface area contributed by atoms with Gasteiger partial charge in [-0.05, 0) is 24.4 Å². The molecule has 0 saturated carbocycles. The first-order valence-corrected chi connectivity index (χ1v) is 7.19. The van der Waals surface area contributed by atoms with E-state index >= 15 is 0 Å². The van der Waals surface area contributed by atoms with Gasteiger partial charge in [-0.15, -0.1) is 0 Å². The van der Waals surface area contributed by atoms with Crippen molar-refractivity contribution in [2.45, 2.75) is 32.4 Å². The van der Waals surface area contributed by atoms with Crippen LogP contribution in [0.5, 0.6) is 0 Å². The molecule has 0 spiro atoms. The Balaban J connectivity index is 2.11. The first kappa shape index (κ1) is 17.3. The molecule has 2 rings (SSSR count). The Morgan fingerprint density at radius 1 is 1.13 bits per heavy atom. The van der Waals surface area contributed by atoms with Crippen LogP contribution >= 0.6 is 12.2 Å². The van der Waals surface area contributed by atoms with Gasteiger partial charge < -0.3 is 15.2 Å². The third-order valence-electron chi connectivity index (χ3n) is 2.97. The maximum absolute atomic E-state index is 12.9. The van der Waals surface area contributed by atoms with Gasteiger partial charge in [0.2, 0.25) is 0 Å². The summed E-state index contributed by atoms with van der Waals surface area (Å²) in [4.78, 5) is 0. The van der Waals surface area contributed by atoms with E-state index in [9.17, 15) is 13.2 Å². The van der Waals surface area contributed by atoms with Gasteiger partial charge in [-0.25, -0.2) is 0 Å². The number of benzene rings is 1. The van der Waals surface area contributed by atoms with Crippen LogP contribution in [-0.2, 0) is 11.6 Å². The van der Waals surface area contributed by atoms with Crippen LogP contribution in [0.3, 0.4) is 0 Å². The highest BCUT2D eigenvalue weighted by Gasteiger charge is 2.33. The average Bonchev–Trinajstić information content (AvgIpc) is 2.86. The number of rotatable bonds is 2. The molecule has 4 nitrogen and oxygen atoms in total. The van der Waals surface area contributed by atoms with Crippen molar-refractivity contribution in [1.29, 1.82) is 0 Å². The van der Waals surface area contributed by atoms with Gasteiger partial charge in [0.1, 0.15) is 5.76 Å². The van der Waals surface area contributed by atoms with E-state index in [0.717, 1.165) is 6.07 Å². The van der Waals surface area contributed by atoms with Crippen molar-refractivity contribution >= 4 is 28.8 Å². The topological polar surface area (TPSA) is 50.1 Å². The summed E-state index contributed by atoms with van der Waals surface area (Å²) in [6, 6.07) is 6.76. The van der Waals surface area contributed by atoms with E-state index in [0.29, 0.717) is 11.6 Å². The van der Waals surface area contributed by atoms with Crippen LogP contribution in [0.4, 0.5) is 24.7 Å². The molecule has 0 aliphatic rings. The molecule has 0 radical (unpaired) electrons. The maximum atomic E-state index is 12.9. The number of aromatic nitrogens is 1. The molecular formula is C15H16F3N3OS. The molecule has 1 aromatic carbocycles. The lowest BCUT2D eigenvalue weighted by atomic mass is 9.93. The Hall–Kier alpha value is -2.09. The molecule has 0 aliphatic carbocycles. The minimum Gasteiger partial charge on any atom is -0.359 e. The number of nitrogens with zero attached hydrogens (tertiary/aromatic N) is 1. The van der Waals surface area contributed by atoms with Crippen molar-refractivity contribution < 1.29 is 17.7 Å². The van der Waals surface area contributed by atoms with E-state index in [2.05, 4.69) is 15.8 Å². The Labute approximate surface area is 137 Å². The number of halogens is 3. The molecule has 2 N–H and O–H groups in total. The summed E-state index contributed by atoms with van der Waals surface area (Å²) in [5.41, 5.74) is -1.15. The number of anilines is 2. The van der Waals surface area contributed by atoms with Crippen LogP contribution in [0.25, 0.3) is 0 Å². The molecule has 0 saturated heterocycles. The highest BCUT2D eigenvalue weighted by atomic mass is 32.1. The molecule has 0 bridgehead atoms. The molecule has 1 aromatic heterocycles. The molecule has 0 fully saturated rings. The number of alkyl halides is 3. The minimum atomic E-state index is -4.47. The number of hydrogen-bond donors (Lipinski definition) is 2. The highest BCUT2D eigenvalue weighted by Crippen LogP contribution is 2.34. The monoisotopic (exact) mass is 343 g/mol. The van der Waals surface area contributed by atoms with Gasteiger partial charge in [0, 0.05) is 11.5 Å². The second kappa shape index (κ2) is 6.19. The third kappa shape index (κ3) is 4.44. The Bertz CT molecular complexity index is 704. The van der Waals surface area contributed by atoms with Gasteiger partial charge in [0.05, 0.1) is 11.3 Å². The summed E-state index contributed by atoms with van der Waals surface area (Å²) in [6.07, 6.45) is -4.47. The Morgan fingerprint density at radius 3 is 2.35 bits per heavy atom. The van der Waals surface area contributed by atoms with E-state index < -0.39 is 11.7 Å². The summed E-state index contributed by atoms with van der Waals surface area (Å²) in [5.74, 6) is 0.968. The fourth-order valence-corrected chi connectivity index (χ4v) is 2.01. The zero-order valence-corrected chi connectivity index (χ0v) is 13.6. The van der Waals surface area contributed by atoms with Gasteiger partial charge in [0.15, 0.2) is 10.9 Å². The predicted molar refractivity (Wildman–Crippen MR) is 86.5 cm³/mol. The maximum Gasteiger partial charge on any atom is 0.418 e. The SMILES string of the molecule is CC(C)(C)c1cc(NC(=S)Nc2ccccc2C(F)(F)F)no1. The van der Waals surface area contributed by atoms with Crippen LogP contribution in [0.2, 0.25) is 0 Å². The fraction of sp³-hybridized carbons (Fsp3) is 0.333. The average molecular weight is 343 g/mol. The van der Waals surface area contributed by atoms with Gasteiger partial charge in [-0.3, -0.25) is 0 Å². The lowest BCUT2D eigenvalue weighted by molar-refractivity contribution is -0.136. The van der Waals surface area contributed by atoms with Gasteiger partial charge in [-0.1, -0.05) is 38.1 Å². The molecule has 23 heavy (non-hydrogen) atoms. The molecule has 8 heteroatoms. The molecule has 0 atom stereocenters. The quantitative estimate of drug-likeness (QED) is 0.767. The summed E-state index contributed by atoms with van der Waals surface area (Å²) < 4.78 is 44.0. The smallest absolute Gasteiger partial charge is 0.359 e. The summed E-state index contributed by atoms with van der Waals surface area (Å²) in [7, 11) is 0. The van der Waals surface area contributed by atoms with Gasteiger partial charge in [0.25, 0.3) is 0 Å². The van der Waals surface area contributed by atoms with Crippen molar-refractivity contribution in [3.63, 3.8) is 0 Å². The van der Waals surface area contributed by atoms with Crippen molar-refractivity contribution in [2.24, 2.45) is 0 Å². The van der Waals surface area contributed by atoms with Crippen LogP contribution in [0, 0.1) is 0 Å². The number of thiocarbonyl (C=S) groups is 1. The number of nitrogens with one attached hydrogen (secondary N) is 2. The summed E-state index contributed by atoms with van der Waals surface area (Å²) in [6.45, 7) is 5.86. The minimum absolute atomic E-state index is 0.00420. The van der Waals surface area contributed by atoms with Crippen molar-refractivity contribution in [3.8, 4) is 0 Å². The van der Waals surface area contributed by atoms with Crippen LogP contribution < -0.4 is 10.6 Å². The summed E-state index contributed by atoms with van der Waals surface area (Å²) in [5, 5.41) is 9.04. The van der Waals surface area contributed by atoms with Gasteiger partial charge in [-0.2, -0.15) is 13.2 Å². The van der Waals surface area contributed by atoms with Crippen molar-refractivity contribution in [2.75, 3.05) is 10.6 Å². The molecule has 2 aromatic rings. The second-order valence-electron chi connectivity index (χ2n) is 5.95. The molecular weight excluding hydrogens is 327 g/mol. The number of para-hydroxylation sites is 1. The van der Waals surface area contributed by atoms with Crippen LogP contribution in [-0.4, -0.2) is 10.3 Å². The lowest BCUT2D eigenvalue weighted by Gasteiger charge is -2.15. The molecule has 0 amide bonds. The molecule has 0 unspecified atom stereocenters. The van der Waals surface area contributed by atoms with E-state index in [1.807, 2.05) is 20.8 Å². The standard InChI is InChI=1S/C15H16F3N3OS/c1-14(2,3)11-8-12(21-22-11)20-13(23)19-10-7-5-4-6-9(10)15(16,17)18/h4-8H,1-3H3,(H2,19,20,21,23). The van der Waals surface area contributed by atoms with Crippen LogP contribution in [0.15, 0.2) is 34.9 Å². The summed E-state index contributed by atoms with van der Waals surface area (Å²) >= 11 is 5.03. The molecule has 1 heterocycles. The number of hydrogen-bond acceptors (Lipinski definition) is 3. The third-order valence-corrected chi connectivity index (χ3v) is 3.18. The molecule has 124 valence electrons. The van der Waals surface area contributed by atoms with E-state index in [1.54, 1.807) is 6.07 Å². The lowest BCUT2D eigenvalue weighted by Crippen LogP contribution is -2.21. The Kier molecular flexibility index (Phi) is 4.65. The normalized spacial score (nSPS) is 12.1. The highest BCUT2D eigenvalue weighted by molar-refractivity contribution is 7.80. The zero-order valence-electron chi connectivity index (χ0n) is 12.8. The van der Waals surface area contributed by atoms with E-state index in [4.69, 9.17) is 16.7 Å². The van der Waals surface area contributed by atoms with E-state index in [-0.39, 0.29) is 16.2 Å². The van der Waals surface area contributed by atoms with Crippen LogP contribution in [0.1, 0.15) is 32.1 Å². The first-order valence-electron chi connectivity index (χ1n) is 6.79. The van der Waals surface area contributed by atoms with E-state index in [1.165, 1.54) is 18.2 Å². The first-order chi connectivity index (χ1) is 10.6. The Morgan fingerprint density at radius 2 is 1.78 bits per heavy atom. The predicted octanol–water partition coefficient (Wildman–Crippen LogP) is 4.80. The van der Waals surface area contributed by atoms with Gasteiger partial charge >= 0.3 is 6.18 Å². The van der Waals surface area contributed by atoms with Crippen molar-refractivity contribution in [1.82, 2.24) is 5.16 Å². The zero-order chi connectivity index (χ0) is 17.3. The second-order valence-corrected chi connectivity index (χ2v) is 6.36. The molecule has 0 aliphatic heterocycles.